The molecule has 1 aliphatic rings. The molecule has 1 aromatic heterocycles. The maximum atomic E-state index is 13.5. The van der Waals surface area contributed by atoms with E-state index in [0.29, 0.717) is 41.6 Å². The zero-order valence-electron chi connectivity index (χ0n) is 21.9. The van der Waals surface area contributed by atoms with Crippen LogP contribution in [-0.2, 0) is 16.1 Å². The van der Waals surface area contributed by atoms with Crippen molar-refractivity contribution in [1.82, 2.24) is 25.5 Å². The molecular formula is C30H28N6O4. The number of carbonyl (C=O) groups excluding carboxylic acids is 1. The van der Waals surface area contributed by atoms with Gasteiger partial charge in [-0.1, -0.05) is 80.1 Å². The highest BCUT2D eigenvalue weighted by Crippen LogP contribution is 2.31. The number of amidine groups is 1. The van der Waals surface area contributed by atoms with E-state index < -0.39 is 12.6 Å². The van der Waals surface area contributed by atoms with Crippen LogP contribution in [-0.4, -0.2) is 54.9 Å². The van der Waals surface area contributed by atoms with Gasteiger partial charge < -0.3 is 9.84 Å². The predicted octanol–water partition coefficient (Wildman–Crippen LogP) is 4.97. The molecule has 4 aromatic rings. The molecule has 3 aromatic carbocycles. The van der Waals surface area contributed by atoms with Gasteiger partial charge in [-0.25, -0.2) is 9.79 Å². The number of aliphatic carboxylic acids is 1. The van der Waals surface area contributed by atoms with Crippen LogP contribution in [0.4, 0.5) is 0 Å². The Morgan fingerprint density at radius 1 is 1.02 bits per heavy atom. The molecular weight excluding hydrogens is 508 g/mol. The Morgan fingerprint density at radius 3 is 2.50 bits per heavy atom. The van der Waals surface area contributed by atoms with Gasteiger partial charge >= 0.3 is 5.97 Å². The van der Waals surface area contributed by atoms with Crippen molar-refractivity contribution in [2.45, 2.75) is 32.7 Å². The van der Waals surface area contributed by atoms with Gasteiger partial charge in [0.15, 0.2) is 6.61 Å². The van der Waals surface area contributed by atoms with Crippen molar-refractivity contribution in [3.05, 3.63) is 89.6 Å². The third-order valence-corrected chi connectivity index (χ3v) is 6.46. The summed E-state index contributed by atoms with van der Waals surface area (Å²) in [4.78, 5) is 30.9. The maximum absolute atomic E-state index is 13.5. The number of para-hydroxylation sites is 1. The van der Waals surface area contributed by atoms with Crippen LogP contribution in [0.2, 0.25) is 0 Å². The van der Waals surface area contributed by atoms with E-state index in [1.807, 2.05) is 48.5 Å². The lowest BCUT2D eigenvalue weighted by Gasteiger charge is -2.19. The third-order valence-electron chi connectivity index (χ3n) is 6.46. The fourth-order valence-electron chi connectivity index (χ4n) is 4.48. The molecule has 2 heterocycles. The number of carboxylic acid groups (broad SMARTS) is 1. The zero-order valence-corrected chi connectivity index (χ0v) is 21.9. The first-order chi connectivity index (χ1) is 19.5. The number of aliphatic imine (C=N–C) groups is 1. The van der Waals surface area contributed by atoms with Crippen LogP contribution >= 0.6 is 0 Å². The second-order valence-electron chi connectivity index (χ2n) is 9.25. The summed E-state index contributed by atoms with van der Waals surface area (Å²) in [7, 11) is 0. The van der Waals surface area contributed by atoms with Crippen LogP contribution in [0.1, 0.15) is 37.3 Å². The minimum Gasteiger partial charge on any atom is -0.481 e. The fraction of sp³-hybridized carbons (Fsp3) is 0.200. The van der Waals surface area contributed by atoms with Crippen molar-refractivity contribution in [2.75, 3.05) is 6.61 Å². The summed E-state index contributed by atoms with van der Waals surface area (Å²) < 4.78 is 5.41. The van der Waals surface area contributed by atoms with Gasteiger partial charge in [0.1, 0.15) is 17.3 Å². The number of rotatable bonds is 11. The molecule has 0 saturated heterocycles. The summed E-state index contributed by atoms with van der Waals surface area (Å²) in [5, 5.41) is 23.4. The van der Waals surface area contributed by atoms with Crippen molar-refractivity contribution in [3.63, 3.8) is 0 Å². The molecule has 10 heteroatoms. The number of nitrogens with zero attached hydrogens (tertiary/aromatic N) is 5. The van der Waals surface area contributed by atoms with Gasteiger partial charge in [-0.05, 0) is 40.5 Å². The molecule has 1 aliphatic heterocycles. The molecule has 40 heavy (non-hydrogen) atoms. The second kappa shape index (κ2) is 12.2. The lowest BCUT2D eigenvalue weighted by Crippen LogP contribution is -2.31. The first-order valence-electron chi connectivity index (χ1n) is 13.0. The highest BCUT2D eigenvalue weighted by atomic mass is 16.5. The van der Waals surface area contributed by atoms with Gasteiger partial charge in [0.05, 0.1) is 6.54 Å². The van der Waals surface area contributed by atoms with Crippen molar-refractivity contribution in [1.29, 1.82) is 0 Å². The van der Waals surface area contributed by atoms with Gasteiger partial charge in [0.2, 0.25) is 5.82 Å². The maximum Gasteiger partial charge on any atom is 0.341 e. The van der Waals surface area contributed by atoms with Crippen LogP contribution in [0.3, 0.4) is 0 Å². The highest BCUT2D eigenvalue weighted by Gasteiger charge is 2.30. The predicted molar refractivity (Wildman–Crippen MR) is 150 cm³/mol. The smallest absolute Gasteiger partial charge is 0.341 e. The molecule has 1 amide bonds. The summed E-state index contributed by atoms with van der Waals surface area (Å²) in [6.45, 7) is 2.00. The van der Waals surface area contributed by atoms with Gasteiger partial charge in [-0.3, -0.25) is 9.69 Å². The quantitative estimate of drug-likeness (QED) is 0.259. The Morgan fingerprint density at radius 2 is 1.77 bits per heavy atom. The highest BCUT2D eigenvalue weighted by molar-refractivity contribution is 6.14. The van der Waals surface area contributed by atoms with E-state index >= 15 is 0 Å². The molecule has 2 N–H and O–H groups in total. The number of hydrogen-bond donors (Lipinski definition) is 2. The molecule has 0 bridgehead atoms. The summed E-state index contributed by atoms with van der Waals surface area (Å²) in [5.41, 5.74) is 4.70. The van der Waals surface area contributed by atoms with E-state index in [0.717, 1.165) is 35.1 Å². The van der Waals surface area contributed by atoms with Crippen molar-refractivity contribution >= 4 is 23.8 Å². The van der Waals surface area contributed by atoms with E-state index in [1.165, 1.54) is 0 Å². The van der Waals surface area contributed by atoms with Crippen LogP contribution in [0.25, 0.3) is 28.6 Å². The first-order valence-corrected chi connectivity index (χ1v) is 13.0. The molecule has 0 unspecified atom stereocenters. The van der Waals surface area contributed by atoms with Crippen LogP contribution in [0.15, 0.2) is 83.5 Å². The minimum atomic E-state index is -1.07. The lowest BCUT2D eigenvalue weighted by molar-refractivity contribution is -0.139. The Labute approximate surface area is 231 Å². The standard InChI is InChI=1S/C30H28N6O4/c1-2-3-12-27-31-25(17-22-8-4-7-11-26(22)40-19-28(37)38)30(39)36(27)18-20-13-15-21(16-14-20)23-9-5-6-10-24(23)29-32-34-35-33-29/h4-11,13-17H,2-3,12,18-19H2,1H3,(H,37,38)(H,32,33,34,35)/b25-17-. The molecule has 0 fully saturated rings. The SMILES string of the molecule is CCCCC1=N/C(=C\c2ccccc2OCC(=O)O)C(=O)N1Cc1ccc(-c2ccccc2-c2nn[nH]n2)cc1. The summed E-state index contributed by atoms with van der Waals surface area (Å²) >= 11 is 0. The van der Waals surface area contributed by atoms with Crippen LogP contribution < -0.4 is 4.74 Å². The molecule has 0 aliphatic carbocycles. The van der Waals surface area contributed by atoms with Gasteiger partial charge in [0, 0.05) is 17.5 Å². The Balaban J connectivity index is 1.38. The fourth-order valence-corrected chi connectivity index (χ4v) is 4.48. The molecule has 0 radical (unpaired) electrons. The van der Waals surface area contributed by atoms with E-state index in [1.54, 1.807) is 35.2 Å². The number of H-pyrrole nitrogens is 1. The van der Waals surface area contributed by atoms with Crippen molar-refractivity contribution in [3.8, 4) is 28.3 Å². The Kier molecular flexibility index (Phi) is 8.05. The van der Waals surface area contributed by atoms with Crippen LogP contribution in [0, 0.1) is 0 Å². The van der Waals surface area contributed by atoms with E-state index in [2.05, 4.69) is 32.5 Å². The number of carboxylic acids is 1. The van der Waals surface area contributed by atoms with Crippen LogP contribution in [0.5, 0.6) is 5.75 Å². The van der Waals surface area contributed by atoms with Gasteiger partial charge in [-0.2, -0.15) is 5.21 Å². The Hall–Kier alpha value is -5.12. The number of unbranched alkanes of at least 4 members (excludes halogenated alkanes) is 1. The number of tetrazole rings is 1. The van der Waals surface area contributed by atoms with E-state index in [-0.39, 0.29) is 5.91 Å². The van der Waals surface area contributed by atoms with Crippen molar-refractivity contribution in [2.24, 2.45) is 4.99 Å². The molecule has 0 spiro atoms. The number of ether oxygens (including phenoxy) is 1. The number of aromatic amines is 1. The molecule has 202 valence electrons. The number of hydrogen-bond acceptors (Lipinski definition) is 7. The number of aromatic nitrogens is 4. The third kappa shape index (κ3) is 5.96. The number of nitrogens with one attached hydrogen (secondary N) is 1. The number of amides is 1. The normalized spacial score (nSPS) is 14.0. The monoisotopic (exact) mass is 536 g/mol. The van der Waals surface area contributed by atoms with Gasteiger partial charge in [-0.15, -0.1) is 10.2 Å². The summed E-state index contributed by atoms with van der Waals surface area (Å²) in [5.74, 6) is 0.341. The molecule has 10 nitrogen and oxygen atoms in total. The average Bonchev–Trinajstić information content (AvgIpc) is 3.61. The average molecular weight is 537 g/mol. The number of benzene rings is 3. The summed E-state index contributed by atoms with van der Waals surface area (Å²) in [6, 6.07) is 22.9. The topological polar surface area (TPSA) is 134 Å². The second-order valence-corrected chi connectivity index (χ2v) is 9.25. The zero-order chi connectivity index (χ0) is 27.9. The minimum absolute atomic E-state index is 0.203. The van der Waals surface area contributed by atoms with E-state index in [9.17, 15) is 9.59 Å². The Bertz CT molecular complexity index is 1560. The molecule has 0 saturated carbocycles. The number of carbonyl (C=O) groups is 2. The largest absolute Gasteiger partial charge is 0.481 e. The first kappa shape index (κ1) is 26.5. The molecule has 0 atom stereocenters. The molecule has 5 rings (SSSR count). The van der Waals surface area contributed by atoms with Gasteiger partial charge in [0.25, 0.3) is 5.91 Å². The lowest BCUT2D eigenvalue weighted by atomic mass is 9.98. The summed E-state index contributed by atoms with van der Waals surface area (Å²) in [6.07, 6.45) is 4.21. The van der Waals surface area contributed by atoms with Crippen molar-refractivity contribution < 1.29 is 19.4 Å². The van der Waals surface area contributed by atoms with E-state index in [4.69, 9.17) is 9.84 Å².